The minimum absolute atomic E-state index is 0. The molecule has 1 amide bonds. The maximum absolute atomic E-state index is 12.6. The highest BCUT2D eigenvalue weighted by molar-refractivity contribution is 7.89. The van der Waals surface area contributed by atoms with Crippen molar-refractivity contribution in [3.63, 3.8) is 0 Å². The van der Waals surface area contributed by atoms with E-state index in [9.17, 15) is 13.2 Å². The average molecular weight is 392 g/mol. The van der Waals surface area contributed by atoms with E-state index in [1.807, 2.05) is 0 Å². The molecule has 0 bridgehead atoms. The Morgan fingerprint density at radius 2 is 1.88 bits per heavy atom. The van der Waals surface area contributed by atoms with Crippen molar-refractivity contribution in [1.82, 2.24) is 14.9 Å². The molecular weight excluding hydrogens is 366 g/mol. The zero-order valence-corrected chi connectivity index (χ0v) is 16.4. The number of hydrogen-bond acceptors (Lipinski definition) is 5. The van der Waals surface area contributed by atoms with Gasteiger partial charge in [-0.1, -0.05) is 18.2 Å². The minimum Gasteiger partial charge on any atom is -0.368 e. The maximum Gasteiger partial charge on any atom is 0.252 e. The summed E-state index contributed by atoms with van der Waals surface area (Å²) in [7, 11) is 0.948. The van der Waals surface area contributed by atoms with E-state index in [1.54, 1.807) is 24.3 Å². The summed E-state index contributed by atoms with van der Waals surface area (Å²) < 4.78 is 31.4. The first-order valence-electron chi connectivity index (χ1n) is 7.88. The molecule has 142 valence electrons. The molecule has 1 fully saturated rings. The summed E-state index contributed by atoms with van der Waals surface area (Å²) in [6.07, 6.45) is 1.18. The van der Waals surface area contributed by atoms with E-state index in [-0.39, 0.29) is 29.8 Å². The lowest BCUT2D eigenvalue weighted by molar-refractivity contribution is -0.146. The number of carbonyl (C=O) groups excluding carboxylic acids is 1. The number of halogens is 1. The molecular formula is C16H26ClN3O4S. The van der Waals surface area contributed by atoms with Gasteiger partial charge in [-0.3, -0.25) is 4.79 Å². The molecule has 9 heteroatoms. The second-order valence-electron chi connectivity index (χ2n) is 6.03. The zero-order chi connectivity index (χ0) is 17.8. The first-order chi connectivity index (χ1) is 11.3. The lowest BCUT2D eigenvalue weighted by Gasteiger charge is -2.34. The van der Waals surface area contributed by atoms with Crippen molar-refractivity contribution in [2.24, 2.45) is 0 Å². The van der Waals surface area contributed by atoms with Gasteiger partial charge < -0.3 is 15.4 Å². The third kappa shape index (κ3) is 4.71. The highest BCUT2D eigenvalue weighted by Gasteiger charge is 2.39. The van der Waals surface area contributed by atoms with Crippen molar-refractivity contribution in [2.75, 3.05) is 34.3 Å². The molecule has 1 aliphatic rings. The molecule has 7 nitrogen and oxygen atoms in total. The topological polar surface area (TPSA) is 87.7 Å². The summed E-state index contributed by atoms with van der Waals surface area (Å²) >= 11 is 0. The monoisotopic (exact) mass is 391 g/mol. The largest absolute Gasteiger partial charge is 0.368 e. The van der Waals surface area contributed by atoms with E-state index in [4.69, 9.17) is 4.74 Å². The van der Waals surface area contributed by atoms with Gasteiger partial charge in [-0.15, -0.1) is 12.4 Å². The van der Waals surface area contributed by atoms with Crippen molar-refractivity contribution in [2.45, 2.75) is 29.9 Å². The Hall–Kier alpha value is -1.19. The van der Waals surface area contributed by atoms with Crippen LogP contribution in [0.2, 0.25) is 0 Å². The van der Waals surface area contributed by atoms with Crippen molar-refractivity contribution >= 4 is 28.3 Å². The predicted molar refractivity (Wildman–Crippen MR) is 98.3 cm³/mol. The number of piperidine rings is 1. The van der Waals surface area contributed by atoms with E-state index in [2.05, 4.69) is 10.6 Å². The summed E-state index contributed by atoms with van der Waals surface area (Å²) in [5.74, 6) is -0.205. The molecule has 1 aromatic rings. The molecule has 0 aromatic heterocycles. The second-order valence-corrected chi connectivity index (χ2v) is 8.15. The van der Waals surface area contributed by atoms with E-state index in [0.29, 0.717) is 31.5 Å². The lowest BCUT2D eigenvalue weighted by atomic mass is 9.91. The molecule has 0 aliphatic carbocycles. The fourth-order valence-corrected chi connectivity index (χ4v) is 3.90. The molecule has 0 radical (unpaired) electrons. The average Bonchev–Trinajstić information content (AvgIpc) is 2.60. The van der Waals surface area contributed by atoms with Crippen LogP contribution in [-0.4, -0.2) is 58.5 Å². The molecule has 25 heavy (non-hydrogen) atoms. The molecule has 0 saturated carbocycles. The molecule has 2 N–H and O–H groups in total. The zero-order valence-electron chi connectivity index (χ0n) is 14.7. The van der Waals surface area contributed by atoms with Crippen LogP contribution in [0.5, 0.6) is 0 Å². The van der Waals surface area contributed by atoms with Crippen molar-refractivity contribution in [3.05, 3.63) is 29.8 Å². The quantitative estimate of drug-likeness (QED) is 0.747. The summed E-state index contributed by atoms with van der Waals surface area (Å²) in [6.45, 7) is 1.57. The smallest absolute Gasteiger partial charge is 0.252 e. The highest BCUT2D eigenvalue weighted by atomic mass is 35.5. The van der Waals surface area contributed by atoms with Gasteiger partial charge in [-0.25, -0.2) is 12.7 Å². The molecule has 0 unspecified atom stereocenters. The van der Waals surface area contributed by atoms with Gasteiger partial charge in [0, 0.05) is 27.7 Å². The van der Waals surface area contributed by atoms with E-state index >= 15 is 0 Å². The summed E-state index contributed by atoms with van der Waals surface area (Å²) in [6, 6.07) is 6.68. The molecule has 1 aliphatic heterocycles. The standard InChI is InChI=1S/C16H25N3O4S.ClH/c1-19(2)24(21,22)14-7-5-4-6-13(14)12-18-15(20)16(23-3)8-10-17-11-9-16;/h4-7,17H,8-12H2,1-3H3,(H,18,20);1H. The van der Waals surface area contributed by atoms with Crippen LogP contribution < -0.4 is 10.6 Å². The highest BCUT2D eigenvalue weighted by Crippen LogP contribution is 2.23. The fourth-order valence-electron chi connectivity index (χ4n) is 2.79. The molecule has 0 spiro atoms. The number of sulfonamides is 1. The maximum atomic E-state index is 12.6. The van der Waals surface area contributed by atoms with Crippen LogP contribution in [0.1, 0.15) is 18.4 Å². The number of amides is 1. The van der Waals surface area contributed by atoms with Crippen LogP contribution in [0.3, 0.4) is 0 Å². The number of hydrogen-bond donors (Lipinski definition) is 2. The Bertz CT molecular complexity index is 688. The number of methoxy groups -OCH3 is 1. The Kier molecular flexibility index (Phi) is 7.83. The molecule has 1 saturated heterocycles. The van der Waals surface area contributed by atoms with Crippen LogP contribution in [-0.2, 0) is 26.1 Å². The third-order valence-corrected chi connectivity index (χ3v) is 6.30. The second kappa shape index (κ2) is 8.95. The van der Waals surface area contributed by atoms with Gasteiger partial charge in [0.15, 0.2) is 0 Å². The molecule has 1 heterocycles. The Morgan fingerprint density at radius 1 is 1.28 bits per heavy atom. The van der Waals surface area contributed by atoms with E-state index in [1.165, 1.54) is 21.2 Å². The predicted octanol–water partition coefficient (Wildman–Crippen LogP) is 0.744. The Morgan fingerprint density at radius 3 is 2.44 bits per heavy atom. The number of rotatable bonds is 6. The normalized spacial score (nSPS) is 17.0. The summed E-state index contributed by atoms with van der Waals surface area (Å²) in [5, 5.41) is 6.04. The van der Waals surface area contributed by atoms with Crippen LogP contribution in [0.15, 0.2) is 29.2 Å². The number of benzene rings is 1. The first-order valence-corrected chi connectivity index (χ1v) is 9.32. The number of nitrogens with zero attached hydrogens (tertiary/aromatic N) is 1. The summed E-state index contributed by atoms with van der Waals surface area (Å²) in [4.78, 5) is 12.8. The van der Waals surface area contributed by atoms with Gasteiger partial charge in [0.2, 0.25) is 10.0 Å². The number of carbonyl (C=O) groups is 1. The van der Waals surface area contributed by atoms with Crippen LogP contribution in [0.25, 0.3) is 0 Å². The van der Waals surface area contributed by atoms with Gasteiger partial charge in [-0.05, 0) is 37.6 Å². The van der Waals surface area contributed by atoms with Crippen LogP contribution >= 0.6 is 12.4 Å². The summed E-state index contributed by atoms with van der Waals surface area (Å²) in [5.41, 5.74) is -0.291. The van der Waals surface area contributed by atoms with Gasteiger partial charge in [0.25, 0.3) is 5.91 Å². The van der Waals surface area contributed by atoms with Crippen molar-refractivity contribution < 1.29 is 17.9 Å². The van der Waals surface area contributed by atoms with Gasteiger partial charge >= 0.3 is 0 Å². The van der Waals surface area contributed by atoms with Crippen molar-refractivity contribution in [1.29, 1.82) is 0 Å². The number of ether oxygens (including phenoxy) is 1. The Balaban J connectivity index is 0.00000312. The Labute approximate surface area is 155 Å². The van der Waals surface area contributed by atoms with Gasteiger partial charge in [0.05, 0.1) is 4.90 Å². The lowest BCUT2D eigenvalue weighted by Crippen LogP contribution is -2.54. The number of nitrogens with one attached hydrogen (secondary N) is 2. The van der Waals surface area contributed by atoms with Crippen LogP contribution in [0.4, 0.5) is 0 Å². The van der Waals surface area contributed by atoms with Crippen molar-refractivity contribution in [3.8, 4) is 0 Å². The van der Waals surface area contributed by atoms with E-state index in [0.717, 1.165) is 4.31 Å². The minimum atomic E-state index is -3.56. The fraction of sp³-hybridized carbons (Fsp3) is 0.562. The van der Waals surface area contributed by atoms with E-state index < -0.39 is 15.6 Å². The molecule has 2 rings (SSSR count). The SMILES string of the molecule is COC1(C(=O)NCc2ccccc2S(=O)(=O)N(C)C)CCNCC1.Cl. The van der Waals surface area contributed by atoms with Gasteiger partial charge in [-0.2, -0.15) is 0 Å². The molecule has 0 atom stereocenters. The first kappa shape index (κ1) is 21.9. The van der Waals surface area contributed by atoms with Crippen LogP contribution in [0, 0.1) is 0 Å². The molecule has 1 aromatic carbocycles. The third-order valence-electron chi connectivity index (χ3n) is 4.39. The van der Waals surface area contributed by atoms with Gasteiger partial charge in [0.1, 0.15) is 5.60 Å².